The van der Waals surface area contributed by atoms with Gasteiger partial charge in [-0.1, -0.05) is 30.3 Å². The van der Waals surface area contributed by atoms with E-state index in [4.69, 9.17) is 5.73 Å². The maximum atomic E-state index is 5.90. The molecule has 0 aliphatic carbocycles. The van der Waals surface area contributed by atoms with E-state index in [1.165, 1.54) is 16.8 Å². The third kappa shape index (κ3) is 2.67. The van der Waals surface area contributed by atoms with Crippen molar-refractivity contribution in [2.45, 2.75) is 13.5 Å². The minimum atomic E-state index is 0.783. The zero-order chi connectivity index (χ0) is 13.1. The highest BCUT2D eigenvalue weighted by Crippen LogP contribution is 2.27. The Morgan fingerprint density at radius 3 is 2.56 bits per heavy atom. The smallest absolute Gasteiger partial charge is 0.0461 e. The van der Waals surface area contributed by atoms with Gasteiger partial charge in [0.1, 0.15) is 0 Å². The summed E-state index contributed by atoms with van der Waals surface area (Å²) in [6, 6.07) is 14.4. The highest BCUT2D eigenvalue weighted by atomic mass is 79.9. The number of nitrogen functional groups attached to an aromatic ring is 1. The first kappa shape index (κ1) is 13.0. The SMILES string of the molecule is Cc1ccccc1N(C)Cc1cccc(N)c1Br. The van der Waals surface area contributed by atoms with Crippen LogP contribution in [0.3, 0.4) is 0 Å². The van der Waals surface area contributed by atoms with Crippen LogP contribution >= 0.6 is 15.9 Å². The Kier molecular flexibility index (Phi) is 3.92. The fourth-order valence-corrected chi connectivity index (χ4v) is 2.44. The molecule has 0 radical (unpaired) electrons. The van der Waals surface area contributed by atoms with Gasteiger partial charge in [-0.2, -0.15) is 0 Å². The summed E-state index contributed by atoms with van der Waals surface area (Å²) in [6.45, 7) is 2.96. The summed E-state index contributed by atoms with van der Waals surface area (Å²) in [5.74, 6) is 0. The molecule has 2 aromatic rings. The van der Waals surface area contributed by atoms with Crippen LogP contribution in [0.15, 0.2) is 46.9 Å². The maximum Gasteiger partial charge on any atom is 0.0461 e. The third-order valence-corrected chi connectivity index (χ3v) is 4.01. The lowest BCUT2D eigenvalue weighted by Gasteiger charge is -2.22. The van der Waals surface area contributed by atoms with Gasteiger partial charge in [0.05, 0.1) is 0 Å². The topological polar surface area (TPSA) is 29.3 Å². The molecule has 0 unspecified atom stereocenters. The fourth-order valence-electron chi connectivity index (χ4n) is 2.05. The number of aryl methyl sites for hydroxylation is 1. The fraction of sp³-hybridized carbons (Fsp3) is 0.200. The number of halogens is 1. The average Bonchev–Trinajstić information content (AvgIpc) is 2.35. The summed E-state index contributed by atoms with van der Waals surface area (Å²) in [5.41, 5.74) is 10.4. The number of benzene rings is 2. The van der Waals surface area contributed by atoms with Crippen molar-refractivity contribution in [3.8, 4) is 0 Å². The van der Waals surface area contributed by atoms with Crippen molar-refractivity contribution in [2.75, 3.05) is 17.7 Å². The first-order chi connectivity index (χ1) is 8.59. The summed E-state index contributed by atoms with van der Waals surface area (Å²) in [4.78, 5) is 2.23. The van der Waals surface area contributed by atoms with Crippen molar-refractivity contribution in [3.63, 3.8) is 0 Å². The van der Waals surface area contributed by atoms with E-state index in [-0.39, 0.29) is 0 Å². The van der Waals surface area contributed by atoms with Crippen LogP contribution in [-0.4, -0.2) is 7.05 Å². The largest absolute Gasteiger partial charge is 0.398 e. The van der Waals surface area contributed by atoms with E-state index in [0.29, 0.717) is 0 Å². The Balaban J connectivity index is 2.24. The van der Waals surface area contributed by atoms with E-state index >= 15 is 0 Å². The Morgan fingerprint density at radius 2 is 1.83 bits per heavy atom. The monoisotopic (exact) mass is 304 g/mol. The van der Waals surface area contributed by atoms with Crippen LogP contribution in [0.1, 0.15) is 11.1 Å². The van der Waals surface area contributed by atoms with Crippen LogP contribution < -0.4 is 10.6 Å². The molecule has 2 rings (SSSR count). The third-order valence-electron chi connectivity index (χ3n) is 3.04. The van der Waals surface area contributed by atoms with Gasteiger partial charge in [-0.15, -0.1) is 0 Å². The summed E-state index contributed by atoms with van der Waals surface area (Å²) in [6.07, 6.45) is 0. The Bertz CT molecular complexity index is 552. The van der Waals surface area contributed by atoms with E-state index < -0.39 is 0 Å². The zero-order valence-corrected chi connectivity index (χ0v) is 12.2. The molecule has 0 aliphatic heterocycles. The van der Waals surface area contributed by atoms with Crippen molar-refractivity contribution in [2.24, 2.45) is 0 Å². The number of nitrogens with two attached hydrogens (primary N) is 1. The molecule has 0 aliphatic rings. The molecule has 2 aromatic carbocycles. The molecule has 18 heavy (non-hydrogen) atoms. The average molecular weight is 305 g/mol. The Hall–Kier alpha value is -1.48. The highest BCUT2D eigenvalue weighted by molar-refractivity contribution is 9.10. The lowest BCUT2D eigenvalue weighted by molar-refractivity contribution is 0.913. The van der Waals surface area contributed by atoms with Crippen LogP contribution in [0.25, 0.3) is 0 Å². The number of anilines is 2. The molecule has 2 nitrogen and oxygen atoms in total. The summed E-state index contributed by atoms with van der Waals surface area (Å²) in [5, 5.41) is 0. The van der Waals surface area contributed by atoms with Crippen molar-refractivity contribution in [1.29, 1.82) is 0 Å². The maximum absolute atomic E-state index is 5.90. The number of para-hydroxylation sites is 1. The van der Waals surface area contributed by atoms with Crippen molar-refractivity contribution in [1.82, 2.24) is 0 Å². The predicted octanol–water partition coefficient (Wildman–Crippen LogP) is 3.98. The lowest BCUT2D eigenvalue weighted by atomic mass is 10.1. The molecule has 94 valence electrons. The molecule has 0 heterocycles. The minimum Gasteiger partial charge on any atom is -0.398 e. The molecule has 0 aromatic heterocycles. The Labute approximate surface area is 117 Å². The van der Waals surface area contributed by atoms with Gasteiger partial charge in [0.25, 0.3) is 0 Å². The lowest BCUT2D eigenvalue weighted by Crippen LogP contribution is -2.17. The number of rotatable bonds is 3. The molecule has 0 saturated heterocycles. The second-order valence-corrected chi connectivity index (χ2v) is 5.26. The minimum absolute atomic E-state index is 0.783. The van der Waals surface area contributed by atoms with Gasteiger partial charge in [0, 0.05) is 29.4 Å². The van der Waals surface area contributed by atoms with E-state index in [0.717, 1.165) is 16.7 Å². The predicted molar refractivity (Wildman–Crippen MR) is 81.8 cm³/mol. The zero-order valence-electron chi connectivity index (χ0n) is 10.7. The van der Waals surface area contributed by atoms with Gasteiger partial charge in [-0.05, 0) is 46.1 Å². The first-order valence-electron chi connectivity index (χ1n) is 5.89. The van der Waals surface area contributed by atoms with Gasteiger partial charge >= 0.3 is 0 Å². The Morgan fingerprint density at radius 1 is 1.11 bits per heavy atom. The molecule has 0 atom stereocenters. The van der Waals surface area contributed by atoms with Gasteiger partial charge < -0.3 is 10.6 Å². The molecule has 0 spiro atoms. The molecule has 2 N–H and O–H groups in total. The normalized spacial score (nSPS) is 10.4. The molecule has 0 saturated carbocycles. The molecule has 0 fully saturated rings. The molecule has 0 amide bonds. The second-order valence-electron chi connectivity index (χ2n) is 4.46. The number of hydrogen-bond acceptors (Lipinski definition) is 2. The molecular formula is C15H17BrN2. The van der Waals surface area contributed by atoms with Crippen molar-refractivity contribution in [3.05, 3.63) is 58.1 Å². The summed E-state index contributed by atoms with van der Waals surface area (Å²) >= 11 is 3.55. The van der Waals surface area contributed by atoms with Gasteiger partial charge in [-0.25, -0.2) is 0 Å². The number of nitrogens with zero attached hydrogens (tertiary/aromatic N) is 1. The van der Waals surface area contributed by atoms with Gasteiger partial charge in [0.15, 0.2) is 0 Å². The molecule has 3 heteroatoms. The molecule has 0 bridgehead atoms. The van der Waals surface area contributed by atoms with Crippen LogP contribution in [0.4, 0.5) is 11.4 Å². The van der Waals surface area contributed by atoms with Crippen LogP contribution in [-0.2, 0) is 6.54 Å². The van der Waals surface area contributed by atoms with Crippen LogP contribution in [0.2, 0.25) is 0 Å². The van der Waals surface area contributed by atoms with E-state index in [2.05, 4.69) is 65.1 Å². The van der Waals surface area contributed by atoms with E-state index in [1.54, 1.807) is 0 Å². The summed E-state index contributed by atoms with van der Waals surface area (Å²) < 4.78 is 0.991. The van der Waals surface area contributed by atoms with E-state index in [1.807, 2.05) is 12.1 Å². The second kappa shape index (κ2) is 5.44. The molecular weight excluding hydrogens is 288 g/mol. The van der Waals surface area contributed by atoms with Crippen molar-refractivity contribution >= 4 is 27.3 Å². The quantitative estimate of drug-likeness (QED) is 0.869. The van der Waals surface area contributed by atoms with Crippen molar-refractivity contribution < 1.29 is 0 Å². The summed E-state index contributed by atoms with van der Waals surface area (Å²) in [7, 11) is 2.10. The number of hydrogen-bond donors (Lipinski definition) is 1. The first-order valence-corrected chi connectivity index (χ1v) is 6.68. The van der Waals surface area contributed by atoms with Gasteiger partial charge in [-0.3, -0.25) is 0 Å². The van der Waals surface area contributed by atoms with Gasteiger partial charge in [0.2, 0.25) is 0 Å². The highest BCUT2D eigenvalue weighted by Gasteiger charge is 2.08. The van der Waals surface area contributed by atoms with E-state index in [9.17, 15) is 0 Å². The standard InChI is InChI=1S/C15H17BrN2/c1-11-6-3-4-9-14(11)18(2)10-12-7-5-8-13(17)15(12)16/h3-9H,10,17H2,1-2H3. The van der Waals surface area contributed by atoms with Crippen LogP contribution in [0, 0.1) is 6.92 Å². The van der Waals surface area contributed by atoms with Crippen LogP contribution in [0.5, 0.6) is 0 Å².